The highest BCUT2D eigenvalue weighted by Gasteiger charge is 2.27. The van der Waals surface area contributed by atoms with Crippen LogP contribution in [-0.2, 0) is 0 Å². The molecule has 2 amide bonds. The summed E-state index contributed by atoms with van der Waals surface area (Å²) in [5.74, 6) is 0. The molecule has 5 nitrogen and oxygen atoms in total. The molecule has 0 bridgehead atoms. The van der Waals surface area contributed by atoms with E-state index in [0.29, 0.717) is 6.54 Å². The molecule has 1 aliphatic rings. The lowest BCUT2D eigenvalue weighted by Crippen LogP contribution is -2.42. The number of rotatable bonds is 4. The number of aliphatic hydroxyl groups is 1. The van der Waals surface area contributed by atoms with Gasteiger partial charge in [-0.25, -0.2) is 4.79 Å². The Labute approximate surface area is 78.1 Å². The molecule has 1 saturated heterocycles. The summed E-state index contributed by atoms with van der Waals surface area (Å²) < 4.78 is 0. The Bertz CT molecular complexity index is 186. The van der Waals surface area contributed by atoms with E-state index in [9.17, 15) is 4.79 Å². The van der Waals surface area contributed by atoms with E-state index in [4.69, 9.17) is 10.8 Å². The molecular weight excluding hydrogens is 170 g/mol. The van der Waals surface area contributed by atoms with Crippen LogP contribution in [0.2, 0.25) is 0 Å². The number of urea groups is 1. The van der Waals surface area contributed by atoms with Crippen LogP contribution in [0.25, 0.3) is 0 Å². The van der Waals surface area contributed by atoms with Crippen LogP contribution < -0.4 is 5.73 Å². The Morgan fingerprint density at radius 1 is 1.54 bits per heavy atom. The Kier molecular flexibility index (Phi) is 3.50. The van der Waals surface area contributed by atoms with E-state index in [1.807, 2.05) is 6.92 Å². The maximum atomic E-state index is 11.5. The van der Waals surface area contributed by atoms with Gasteiger partial charge in [0.05, 0.1) is 6.61 Å². The number of likely N-dealkylation sites (N-methyl/N-ethyl adjacent to an activating group) is 1. The van der Waals surface area contributed by atoms with E-state index in [-0.39, 0.29) is 18.7 Å². The van der Waals surface area contributed by atoms with Gasteiger partial charge >= 0.3 is 6.03 Å². The number of carbonyl (C=O) groups is 1. The molecule has 1 heterocycles. The minimum atomic E-state index is -0.319. The highest BCUT2D eigenvalue weighted by molar-refractivity contribution is 5.76. The van der Waals surface area contributed by atoms with Crippen LogP contribution in [0.4, 0.5) is 4.79 Å². The summed E-state index contributed by atoms with van der Waals surface area (Å²) >= 11 is 0. The lowest BCUT2D eigenvalue weighted by Gasteiger charge is -2.19. The van der Waals surface area contributed by atoms with Crippen molar-refractivity contribution in [3.63, 3.8) is 0 Å². The molecule has 0 spiro atoms. The van der Waals surface area contributed by atoms with Crippen molar-refractivity contribution in [2.75, 3.05) is 32.8 Å². The molecule has 3 N–H and O–H groups in total. The van der Waals surface area contributed by atoms with E-state index < -0.39 is 0 Å². The first-order valence-electron chi connectivity index (χ1n) is 4.59. The second-order valence-electron chi connectivity index (χ2n) is 3.25. The van der Waals surface area contributed by atoms with Crippen molar-refractivity contribution < 1.29 is 9.90 Å². The predicted octanol–water partition coefficient (Wildman–Crippen LogP) is -0.936. The van der Waals surface area contributed by atoms with Crippen LogP contribution in [0.5, 0.6) is 0 Å². The molecule has 0 aliphatic carbocycles. The van der Waals surface area contributed by atoms with E-state index in [2.05, 4.69) is 0 Å². The van der Waals surface area contributed by atoms with Crippen molar-refractivity contribution in [1.29, 1.82) is 0 Å². The van der Waals surface area contributed by atoms with E-state index in [1.165, 1.54) is 0 Å². The summed E-state index contributed by atoms with van der Waals surface area (Å²) in [6.45, 7) is 4.56. The monoisotopic (exact) mass is 187 g/mol. The van der Waals surface area contributed by atoms with Crippen LogP contribution >= 0.6 is 0 Å². The number of nitrogens with zero attached hydrogens (tertiary/aromatic N) is 2. The van der Waals surface area contributed by atoms with Gasteiger partial charge in [-0.3, -0.25) is 0 Å². The smallest absolute Gasteiger partial charge is 0.320 e. The first-order valence-corrected chi connectivity index (χ1v) is 4.59. The van der Waals surface area contributed by atoms with Crippen LogP contribution in [0.3, 0.4) is 0 Å². The van der Waals surface area contributed by atoms with Gasteiger partial charge in [-0.05, 0) is 6.92 Å². The molecule has 0 aromatic carbocycles. The molecule has 1 fully saturated rings. The minimum Gasteiger partial charge on any atom is -0.395 e. The summed E-state index contributed by atoms with van der Waals surface area (Å²) in [6, 6.07) is -0.285. The van der Waals surface area contributed by atoms with Crippen molar-refractivity contribution >= 4 is 6.03 Å². The molecule has 1 rings (SSSR count). The Morgan fingerprint density at radius 2 is 2.15 bits per heavy atom. The molecule has 13 heavy (non-hydrogen) atoms. The summed E-state index contributed by atoms with van der Waals surface area (Å²) in [4.78, 5) is 15.0. The summed E-state index contributed by atoms with van der Waals surface area (Å²) in [7, 11) is 0. The molecule has 5 heteroatoms. The van der Waals surface area contributed by atoms with Crippen molar-refractivity contribution in [2.24, 2.45) is 5.73 Å². The maximum absolute atomic E-state index is 11.5. The lowest BCUT2D eigenvalue weighted by molar-refractivity contribution is 0.183. The summed E-state index contributed by atoms with van der Waals surface area (Å²) in [5, 5.41) is 8.73. The number of hydrogen-bond acceptors (Lipinski definition) is 3. The van der Waals surface area contributed by atoms with Crippen LogP contribution in [-0.4, -0.2) is 59.8 Å². The van der Waals surface area contributed by atoms with E-state index in [0.717, 1.165) is 19.6 Å². The summed E-state index contributed by atoms with van der Waals surface area (Å²) in [6.07, 6.45) is 0. The third kappa shape index (κ3) is 2.32. The zero-order chi connectivity index (χ0) is 9.84. The van der Waals surface area contributed by atoms with Crippen molar-refractivity contribution in [3.8, 4) is 0 Å². The SMILES string of the molecule is CCN1CCN(CC(N)CO)C1=O. The Morgan fingerprint density at radius 3 is 2.62 bits per heavy atom. The van der Waals surface area contributed by atoms with E-state index in [1.54, 1.807) is 9.80 Å². The Hall–Kier alpha value is -0.810. The van der Waals surface area contributed by atoms with Crippen LogP contribution in [0, 0.1) is 0 Å². The highest BCUT2D eigenvalue weighted by Crippen LogP contribution is 2.07. The number of amides is 2. The molecule has 1 aliphatic heterocycles. The molecular formula is C8H17N3O2. The average molecular weight is 187 g/mol. The van der Waals surface area contributed by atoms with Gasteiger partial charge in [0.1, 0.15) is 0 Å². The van der Waals surface area contributed by atoms with Crippen molar-refractivity contribution in [3.05, 3.63) is 0 Å². The van der Waals surface area contributed by atoms with Crippen molar-refractivity contribution in [2.45, 2.75) is 13.0 Å². The fraction of sp³-hybridized carbons (Fsp3) is 0.875. The third-order valence-electron chi connectivity index (χ3n) is 2.25. The molecule has 0 aromatic heterocycles. The van der Waals surface area contributed by atoms with Gasteiger partial charge in [0.25, 0.3) is 0 Å². The third-order valence-corrected chi connectivity index (χ3v) is 2.25. The predicted molar refractivity (Wildman–Crippen MR) is 49.3 cm³/mol. The van der Waals surface area contributed by atoms with Gasteiger partial charge in [0.2, 0.25) is 0 Å². The summed E-state index contributed by atoms with van der Waals surface area (Å²) in [5.41, 5.74) is 5.54. The van der Waals surface area contributed by atoms with Gasteiger partial charge in [0.15, 0.2) is 0 Å². The normalized spacial score (nSPS) is 19.8. The van der Waals surface area contributed by atoms with Gasteiger partial charge in [-0.15, -0.1) is 0 Å². The lowest BCUT2D eigenvalue weighted by atomic mass is 10.3. The van der Waals surface area contributed by atoms with E-state index >= 15 is 0 Å². The first kappa shape index (κ1) is 10.3. The fourth-order valence-electron chi connectivity index (χ4n) is 1.44. The number of hydrogen-bond donors (Lipinski definition) is 2. The number of carbonyl (C=O) groups excluding carboxylic acids is 1. The molecule has 0 saturated carbocycles. The minimum absolute atomic E-state index is 0.0337. The standard InChI is InChI=1S/C8H17N3O2/c1-2-10-3-4-11(8(10)13)5-7(9)6-12/h7,12H,2-6,9H2,1H3. The quantitative estimate of drug-likeness (QED) is 0.597. The highest BCUT2D eigenvalue weighted by atomic mass is 16.3. The molecule has 1 unspecified atom stereocenters. The van der Waals surface area contributed by atoms with Crippen LogP contribution in [0.1, 0.15) is 6.92 Å². The molecule has 1 atom stereocenters. The van der Waals surface area contributed by atoms with Gasteiger partial charge in [-0.2, -0.15) is 0 Å². The molecule has 76 valence electrons. The largest absolute Gasteiger partial charge is 0.395 e. The number of nitrogens with two attached hydrogens (primary N) is 1. The van der Waals surface area contributed by atoms with Crippen LogP contribution in [0.15, 0.2) is 0 Å². The molecule has 0 aromatic rings. The zero-order valence-corrected chi connectivity index (χ0v) is 7.94. The second kappa shape index (κ2) is 4.43. The maximum Gasteiger partial charge on any atom is 0.320 e. The fourth-order valence-corrected chi connectivity index (χ4v) is 1.44. The van der Waals surface area contributed by atoms with Gasteiger partial charge in [-0.1, -0.05) is 0 Å². The van der Waals surface area contributed by atoms with Gasteiger partial charge < -0.3 is 20.6 Å². The van der Waals surface area contributed by atoms with Gasteiger partial charge in [0, 0.05) is 32.2 Å². The van der Waals surface area contributed by atoms with Crippen molar-refractivity contribution in [1.82, 2.24) is 9.80 Å². The number of aliphatic hydroxyl groups excluding tert-OH is 1. The first-order chi connectivity index (χ1) is 6.19. The zero-order valence-electron chi connectivity index (χ0n) is 7.94. The Balaban J connectivity index is 2.41. The topological polar surface area (TPSA) is 69.8 Å². The second-order valence-corrected chi connectivity index (χ2v) is 3.25. The molecule has 0 radical (unpaired) electrons. The average Bonchev–Trinajstić information content (AvgIpc) is 2.48.